The van der Waals surface area contributed by atoms with Crippen LogP contribution in [0.1, 0.15) is 50.8 Å². The van der Waals surface area contributed by atoms with Gasteiger partial charge in [0.15, 0.2) is 0 Å². The number of thioether (sulfide) groups is 1. The van der Waals surface area contributed by atoms with Crippen LogP contribution in [0.2, 0.25) is 0 Å². The van der Waals surface area contributed by atoms with E-state index in [0.29, 0.717) is 5.92 Å². The van der Waals surface area contributed by atoms with Crippen molar-refractivity contribution in [3.05, 3.63) is 41.7 Å². The average molecular weight is 303 g/mol. The molecule has 0 bridgehead atoms. The van der Waals surface area contributed by atoms with Crippen molar-refractivity contribution in [3.8, 4) is 0 Å². The van der Waals surface area contributed by atoms with Crippen molar-refractivity contribution in [3.63, 3.8) is 0 Å². The van der Waals surface area contributed by atoms with Crippen LogP contribution in [0.4, 0.5) is 0 Å². The second-order valence-electron chi connectivity index (χ2n) is 5.29. The van der Waals surface area contributed by atoms with Crippen molar-refractivity contribution < 1.29 is 0 Å². The van der Waals surface area contributed by atoms with Crippen LogP contribution in [0.5, 0.6) is 0 Å². The van der Waals surface area contributed by atoms with E-state index < -0.39 is 0 Å². The normalized spacial score (nSPS) is 12.5. The van der Waals surface area contributed by atoms with Crippen LogP contribution in [0.15, 0.2) is 35.4 Å². The Balaban J connectivity index is 2.02. The first-order valence-electron chi connectivity index (χ1n) is 7.88. The molecule has 0 radical (unpaired) electrons. The molecule has 2 rings (SSSR count). The third kappa shape index (κ3) is 4.60. The lowest BCUT2D eigenvalue weighted by molar-refractivity contribution is 0.624. The molecular formula is C17H25N3S. The van der Waals surface area contributed by atoms with Crippen LogP contribution >= 0.6 is 11.8 Å². The number of aromatic nitrogens is 3. The molecule has 0 amide bonds. The predicted octanol–water partition coefficient (Wildman–Crippen LogP) is 4.54. The summed E-state index contributed by atoms with van der Waals surface area (Å²) >= 11 is 1.93. The molecule has 0 aliphatic rings. The minimum absolute atomic E-state index is 0.525. The van der Waals surface area contributed by atoms with Crippen LogP contribution in [0.25, 0.3) is 0 Å². The molecule has 1 aromatic carbocycles. The molecule has 1 unspecified atom stereocenters. The van der Waals surface area contributed by atoms with Crippen molar-refractivity contribution in [2.75, 3.05) is 5.75 Å². The standard InChI is InChI=1S/C17H25N3S/c1-4-11-21-17-9-7-15(8-10-17)14(5-2)12-16-13-20(6-3)19-18-16/h7-10,13-14H,4-6,11-12H2,1-3H3. The SMILES string of the molecule is CCCSc1ccc(C(CC)Cc2cn(CC)nn2)cc1. The molecule has 21 heavy (non-hydrogen) atoms. The summed E-state index contributed by atoms with van der Waals surface area (Å²) in [7, 11) is 0. The fraction of sp³-hybridized carbons (Fsp3) is 0.529. The van der Waals surface area contributed by atoms with Crippen LogP contribution in [-0.2, 0) is 13.0 Å². The Kier molecular flexibility index (Phi) is 6.30. The van der Waals surface area contributed by atoms with Gasteiger partial charge in [0.25, 0.3) is 0 Å². The zero-order valence-corrected chi connectivity index (χ0v) is 14.1. The van der Waals surface area contributed by atoms with E-state index in [4.69, 9.17) is 0 Å². The van der Waals surface area contributed by atoms with Crippen molar-refractivity contribution in [1.82, 2.24) is 15.0 Å². The van der Waals surface area contributed by atoms with Crippen LogP contribution in [-0.4, -0.2) is 20.7 Å². The minimum Gasteiger partial charge on any atom is -0.253 e. The van der Waals surface area contributed by atoms with Gasteiger partial charge in [-0.15, -0.1) is 16.9 Å². The second kappa shape index (κ2) is 8.23. The van der Waals surface area contributed by atoms with Crippen LogP contribution in [0.3, 0.4) is 0 Å². The molecule has 0 N–H and O–H groups in total. The number of benzene rings is 1. The summed E-state index contributed by atoms with van der Waals surface area (Å²) in [5.74, 6) is 1.72. The van der Waals surface area contributed by atoms with Gasteiger partial charge >= 0.3 is 0 Å². The lowest BCUT2D eigenvalue weighted by Gasteiger charge is -2.14. The molecule has 0 saturated heterocycles. The molecule has 4 heteroatoms. The molecule has 2 aromatic rings. The molecule has 0 fully saturated rings. The van der Waals surface area contributed by atoms with Gasteiger partial charge < -0.3 is 0 Å². The van der Waals surface area contributed by atoms with Gasteiger partial charge in [0.2, 0.25) is 0 Å². The van der Waals surface area contributed by atoms with Crippen molar-refractivity contribution in [1.29, 1.82) is 0 Å². The van der Waals surface area contributed by atoms with Crippen molar-refractivity contribution in [2.24, 2.45) is 0 Å². The number of rotatable bonds is 8. The maximum absolute atomic E-state index is 4.27. The van der Waals surface area contributed by atoms with Gasteiger partial charge in [0.05, 0.1) is 5.69 Å². The summed E-state index contributed by atoms with van der Waals surface area (Å²) < 4.78 is 1.90. The van der Waals surface area contributed by atoms with Gasteiger partial charge in [-0.3, -0.25) is 4.68 Å². The maximum atomic E-state index is 4.27. The number of aryl methyl sites for hydroxylation is 1. The zero-order valence-electron chi connectivity index (χ0n) is 13.2. The largest absolute Gasteiger partial charge is 0.253 e. The summed E-state index contributed by atoms with van der Waals surface area (Å²) in [5.41, 5.74) is 2.50. The highest BCUT2D eigenvalue weighted by atomic mass is 32.2. The Bertz CT molecular complexity index is 533. The summed E-state index contributed by atoms with van der Waals surface area (Å²) in [6.07, 6.45) is 5.38. The topological polar surface area (TPSA) is 30.7 Å². The molecule has 0 aliphatic carbocycles. The lowest BCUT2D eigenvalue weighted by atomic mass is 9.92. The van der Waals surface area contributed by atoms with E-state index in [1.54, 1.807) is 0 Å². The van der Waals surface area contributed by atoms with Gasteiger partial charge in [-0.05, 0) is 55.6 Å². The Morgan fingerprint density at radius 3 is 2.48 bits per heavy atom. The molecule has 1 aromatic heterocycles. The van der Waals surface area contributed by atoms with E-state index in [0.717, 1.165) is 25.1 Å². The zero-order chi connectivity index (χ0) is 15.1. The predicted molar refractivity (Wildman–Crippen MR) is 89.9 cm³/mol. The van der Waals surface area contributed by atoms with Gasteiger partial charge in [0, 0.05) is 17.6 Å². The molecule has 1 atom stereocenters. The number of hydrogen-bond donors (Lipinski definition) is 0. The van der Waals surface area contributed by atoms with Gasteiger partial charge in [0.1, 0.15) is 0 Å². The smallest absolute Gasteiger partial charge is 0.0833 e. The summed E-state index contributed by atoms with van der Waals surface area (Å²) in [4.78, 5) is 1.37. The fourth-order valence-electron chi connectivity index (χ4n) is 2.39. The average Bonchev–Trinajstić information content (AvgIpc) is 2.99. The quantitative estimate of drug-likeness (QED) is 0.671. The molecule has 0 saturated carbocycles. The van der Waals surface area contributed by atoms with Crippen LogP contribution < -0.4 is 0 Å². The molecule has 1 heterocycles. The Labute approximate surface area is 132 Å². The number of hydrogen-bond acceptors (Lipinski definition) is 3. The Morgan fingerprint density at radius 1 is 1.14 bits per heavy atom. The first kappa shape index (κ1) is 16.1. The fourth-order valence-corrected chi connectivity index (χ4v) is 3.16. The monoisotopic (exact) mass is 303 g/mol. The van der Waals surface area contributed by atoms with Gasteiger partial charge in [-0.25, -0.2) is 0 Å². The number of nitrogens with zero attached hydrogens (tertiary/aromatic N) is 3. The van der Waals surface area contributed by atoms with Gasteiger partial charge in [-0.2, -0.15) is 0 Å². The molecule has 0 aliphatic heterocycles. The molecule has 3 nitrogen and oxygen atoms in total. The minimum atomic E-state index is 0.525. The maximum Gasteiger partial charge on any atom is 0.0833 e. The highest BCUT2D eigenvalue weighted by molar-refractivity contribution is 7.99. The third-order valence-corrected chi connectivity index (χ3v) is 4.90. The summed E-state index contributed by atoms with van der Waals surface area (Å²) in [6, 6.07) is 9.05. The van der Waals surface area contributed by atoms with E-state index in [9.17, 15) is 0 Å². The van der Waals surface area contributed by atoms with E-state index in [-0.39, 0.29) is 0 Å². The van der Waals surface area contributed by atoms with Crippen molar-refractivity contribution >= 4 is 11.8 Å². The molecule has 0 spiro atoms. The van der Waals surface area contributed by atoms with E-state index in [1.807, 2.05) is 16.4 Å². The molecular weight excluding hydrogens is 278 g/mol. The first-order valence-corrected chi connectivity index (χ1v) is 8.87. The lowest BCUT2D eigenvalue weighted by Crippen LogP contribution is -2.02. The molecule has 114 valence electrons. The highest BCUT2D eigenvalue weighted by Crippen LogP contribution is 2.26. The first-order chi connectivity index (χ1) is 10.3. The van der Waals surface area contributed by atoms with Crippen LogP contribution in [0, 0.1) is 0 Å². The summed E-state index contributed by atoms with van der Waals surface area (Å²) in [6.45, 7) is 7.43. The van der Waals surface area contributed by atoms with Gasteiger partial charge in [-0.1, -0.05) is 31.2 Å². The second-order valence-corrected chi connectivity index (χ2v) is 6.46. The third-order valence-electron chi connectivity index (χ3n) is 3.68. The summed E-state index contributed by atoms with van der Waals surface area (Å²) in [5, 5.41) is 8.39. The van der Waals surface area contributed by atoms with E-state index >= 15 is 0 Å². The van der Waals surface area contributed by atoms with Crippen molar-refractivity contribution in [2.45, 2.75) is 57.4 Å². The Morgan fingerprint density at radius 2 is 1.90 bits per heavy atom. The van der Waals surface area contributed by atoms with E-state index in [2.05, 4.69) is 61.5 Å². The highest BCUT2D eigenvalue weighted by Gasteiger charge is 2.12. The Hall–Kier alpha value is -1.29. The van der Waals surface area contributed by atoms with E-state index in [1.165, 1.54) is 22.6 Å².